The quantitative estimate of drug-likeness (QED) is 0.594. The highest BCUT2D eigenvalue weighted by Crippen LogP contribution is 2.23. The van der Waals surface area contributed by atoms with Gasteiger partial charge in [-0.25, -0.2) is 9.78 Å². The summed E-state index contributed by atoms with van der Waals surface area (Å²) in [5, 5.41) is 8.51. The maximum Gasteiger partial charge on any atom is 0.319 e. The van der Waals surface area contributed by atoms with E-state index < -0.39 is 0 Å². The van der Waals surface area contributed by atoms with Crippen molar-refractivity contribution >= 4 is 23.1 Å². The minimum absolute atomic E-state index is 0.229. The zero-order valence-electron chi connectivity index (χ0n) is 13.6. The zero-order valence-corrected chi connectivity index (χ0v) is 14.4. The van der Waals surface area contributed by atoms with Gasteiger partial charge in [0.2, 0.25) is 0 Å². The number of furan rings is 1. The van der Waals surface area contributed by atoms with Crippen molar-refractivity contribution in [1.29, 1.82) is 0 Å². The molecule has 0 aliphatic rings. The SMILES string of the molecule is O=C(NCCCOCc1ccco1)Nc1ccc(-c2nccs2)cc1. The molecule has 0 unspecified atom stereocenters. The molecule has 2 N–H and O–H groups in total. The van der Waals surface area contributed by atoms with E-state index in [2.05, 4.69) is 15.6 Å². The molecule has 0 fully saturated rings. The average molecular weight is 357 g/mol. The number of carbonyl (C=O) groups excluding carboxylic acids is 1. The van der Waals surface area contributed by atoms with Crippen LogP contribution < -0.4 is 10.6 Å². The summed E-state index contributed by atoms with van der Waals surface area (Å²) in [4.78, 5) is 16.1. The van der Waals surface area contributed by atoms with Crippen molar-refractivity contribution in [3.8, 4) is 10.6 Å². The van der Waals surface area contributed by atoms with Crippen LogP contribution in [-0.2, 0) is 11.3 Å². The number of amides is 2. The Kier molecular flexibility index (Phi) is 6.19. The number of benzene rings is 1. The number of thiazole rings is 1. The number of aromatic nitrogens is 1. The molecule has 6 nitrogen and oxygen atoms in total. The van der Waals surface area contributed by atoms with E-state index in [9.17, 15) is 4.79 Å². The summed E-state index contributed by atoms with van der Waals surface area (Å²) >= 11 is 1.58. The smallest absolute Gasteiger partial charge is 0.319 e. The average Bonchev–Trinajstić information content (AvgIpc) is 3.32. The number of nitrogens with one attached hydrogen (secondary N) is 2. The number of hydrogen-bond donors (Lipinski definition) is 2. The van der Waals surface area contributed by atoms with Crippen molar-refractivity contribution in [2.45, 2.75) is 13.0 Å². The summed E-state index contributed by atoms with van der Waals surface area (Å²) in [5.74, 6) is 0.798. The molecule has 2 amide bonds. The second-order valence-corrected chi connectivity index (χ2v) is 6.18. The third-order valence-corrected chi connectivity index (χ3v) is 4.22. The molecule has 3 rings (SSSR count). The Morgan fingerprint density at radius 3 is 2.84 bits per heavy atom. The lowest BCUT2D eigenvalue weighted by atomic mass is 10.2. The minimum atomic E-state index is -0.229. The van der Waals surface area contributed by atoms with Crippen LogP contribution in [-0.4, -0.2) is 24.2 Å². The molecule has 130 valence electrons. The number of hydrogen-bond acceptors (Lipinski definition) is 5. The monoisotopic (exact) mass is 357 g/mol. The molecule has 0 aliphatic carbocycles. The van der Waals surface area contributed by atoms with E-state index in [1.807, 2.05) is 41.8 Å². The van der Waals surface area contributed by atoms with Gasteiger partial charge in [0.15, 0.2) is 0 Å². The van der Waals surface area contributed by atoms with E-state index >= 15 is 0 Å². The Morgan fingerprint density at radius 1 is 1.24 bits per heavy atom. The molecule has 1 aromatic carbocycles. The molecule has 0 radical (unpaired) electrons. The third-order valence-electron chi connectivity index (χ3n) is 3.40. The minimum Gasteiger partial charge on any atom is -0.467 e. The van der Waals surface area contributed by atoms with E-state index in [0.29, 0.717) is 19.8 Å². The van der Waals surface area contributed by atoms with Crippen molar-refractivity contribution in [1.82, 2.24) is 10.3 Å². The molecule has 0 bridgehead atoms. The molecule has 0 spiro atoms. The van der Waals surface area contributed by atoms with Gasteiger partial charge < -0.3 is 19.8 Å². The highest BCUT2D eigenvalue weighted by atomic mass is 32.1. The maximum atomic E-state index is 11.9. The summed E-state index contributed by atoms with van der Waals surface area (Å²) in [6.45, 7) is 1.55. The molecule has 25 heavy (non-hydrogen) atoms. The second-order valence-electron chi connectivity index (χ2n) is 5.28. The first-order valence-corrected chi connectivity index (χ1v) is 8.84. The second kappa shape index (κ2) is 9.00. The van der Waals surface area contributed by atoms with Crippen LogP contribution in [0, 0.1) is 0 Å². The number of nitrogens with zero attached hydrogens (tertiary/aromatic N) is 1. The predicted molar refractivity (Wildman–Crippen MR) is 97.6 cm³/mol. The fourth-order valence-corrected chi connectivity index (χ4v) is 2.83. The summed E-state index contributed by atoms with van der Waals surface area (Å²) < 4.78 is 10.6. The molecule has 0 atom stereocenters. The molecular weight excluding hydrogens is 338 g/mol. The highest BCUT2D eigenvalue weighted by Gasteiger charge is 2.03. The fourth-order valence-electron chi connectivity index (χ4n) is 2.18. The van der Waals surface area contributed by atoms with Crippen molar-refractivity contribution in [3.63, 3.8) is 0 Å². The number of anilines is 1. The molecule has 0 saturated carbocycles. The lowest BCUT2D eigenvalue weighted by Crippen LogP contribution is -2.30. The van der Waals surface area contributed by atoms with Crippen molar-refractivity contribution in [3.05, 3.63) is 60.0 Å². The Labute approximate surface area is 149 Å². The molecule has 7 heteroatoms. The van der Waals surface area contributed by atoms with Gasteiger partial charge in [-0.3, -0.25) is 0 Å². The largest absolute Gasteiger partial charge is 0.467 e. The van der Waals surface area contributed by atoms with E-state index in [1.165, 1.54) is 0 Å². The molecular formula is C18H19N3O3S. The first-order chi connectivity index (χ1) is 12.3. The Morgan fingerprint density at radius 2 is 2.12 bits per heavy atom. The van der Waals surface area contributed by atoms with Crippen LogP contribution >= 0.6 is 11.3 Å². The van der Waals surface area contributed by atoms with Gasteiger partial charge in [0.25, 0.3) is 0 Å². The topological polar surface area (TPSA) is 76.4 Å². The molecule has 0 aliphatic heterocycles. The lowest BCUT2D eigenvalue weighted by Gasteiger charge is -2.08. The van der Waals surface area contributed by atoms with Crippen LogP contribution in [0.3, 0.4) is 0 Å². The summed E-state index contributed by atoms with van der Waals surface area (Å²) in [6.07, 6.45) is 4.13. The van der Waals surface area contributed by atoms with Gasteiger partial charge in [-0.2, -0.15) is 0 Å². The summed E-state index contributed by atoms with van der Waals surface area (Å²) in [6, 6.07) is 11.1. The molecule has 0 saturated heterocycles. The van der Waals surface area contributed by atoms with Crippen LogP contribution in [0.15, 0.2) is 58.7 Å². The van der Waals surface area contributed by atoms with Gasteiger partial charge in [0, 0.05) is 36.0 Å². The van der Waals surface area contributed by atoms with Crippen LogP contribution in [0.25, 0.3) is 10.6 Å². The van der Waals surface area contributed by atoms with E-state index in [4.69, 9.17) is 9.15 Å². The summed E-state index contributed by atoms with van der Waals surface area (Å²) in [7, 11) is 0. The Hall–Kier alpha value is -2.64. The van der Waals surface area contributed by atoms with Crippen molar-refractivity contribution < 1.29 is 13.9 Å². The van der Waals surface area contributed by atoms with Gasteiger partial charge in [0.1, 0.15) is 17.4 Å². The first-order valence-electron chi connectivity index (χ1n) is 7.96. The van der Waals surface area contributed by atoms with Gasteiger partial charge in [-0.1, -0.05) is 0 Å². The number of ether oxygens (including phenoxy) is 1. The fraction of sp³-hybridized carbons (Fsp3) is 0.222. The highest BCUT2D eigenvalue weighted by molar-refractivity contribution is 7.13. The maximum absolute atomic E-state index is 11.9. The molecule has 3 aromatic rings. The lowest BCUT2D eigenvalue weighted by molar-refractivity contribution is 0.104. The van der Waals surface area contributed by atoms with E-state index in [0.717, 1.165) is 28.4 Å². The zero-order chi connectivity index (χ0) is 17.3. The number of rotatable bonds is 8. The normalized spacial score (nSPS) is 10.6. The van der Waals surface area contributed by atoms with E-state index in [-0.39, 0.29) is 6.03 Å². The number of urea groups is 1. The first kappa shape index (κ1) is 17.2. The predicted octanol–water partition coefficient (Wildman–Crippen LogP) is 4.13. The molecule has 2 aromatic heterocycles. The van der Waals surface area contributed by atoms with Crippen LogP contribution in [0.4, 0.5) is 10.5 Å². The Bertz CT molecular complexity index is 755. The van der Waals surface area contributed by atoms with Gasteiger partial charge in [-0.15, -0.1) is 11.3 Å². The van der Waals surface area contributed by atoms with Crippen LogP contribution in [0.2, 0.25) is 0 Å². The number of carbonyl (C=O) groups is 1. The third kappa shape index (κ3) is 5.44. The van der Waals surface area contributed by atoms with Crippen molar-refractivity contribution in [2.75, 3.05) is 18.5 Å². The standard InChI is InChI=1S/C18H19N3O3S/c22-18(20-8-2-10-23-13-16-3-1-11-24-16)21-15-6-4-14(5-7-15)17-19-9-12-25-17/h1,3-7,9,11-12H,2,8,10,13H2,(H2,20,21,22). The molecule has 2 heterocycles. The summed E-state index contributed by atoms with van der Waals surface area (Å²) in [5.41, 5.74) is 1.78. The van der Waals surface area contributed by atoms with Crippen LogP contribution in [0.5, 0.6) is 0 Å². The van der Waals surface area contributed by atoms with Gasteiger partial charge in [0.05, 0.1) is 6.26 Å². The van der Waals surface area contributed by atoms with Gasteiger partial charge in [-0.05, 0) is 42.8 Å². The Balaban J connectivity index is 1.32. The van der Waals surface area contributed by atoms with Crippen molar-refractivity contribution in [2.24, 2.45) is 0 Å². The van der Waals surface area contributed by atoms with Gasteiger partial charge >= 0.3 is 6.03 Å². The van der Waals surface area contributed by atoms with Crippen LogP contribution in [0.1, 0.15) is 12.2 Å². The van der Waals surface area contributed by atoms with E-state index in [1.54, 1.807) is 23.8 Å².